The predicted molar refractivity (Wildman–Crippen MR) is 104 cm³/mol. The molecule has 1 N–H and O–H groups in total. The Morgan fingerprint density at radius 1 is 0.818 bits per heavy atom. The molecule has 0 aromatic carbocycles. The molecule has 1 unspecified atom stereocenters. The molecular weight excluding hydrogens is 300 g/mol. The van der Waals surface area contributed by atoms with E-state index in [-0.39, 0.29) is 0 Å². The van der Waals surface area contributed by atoms with E-state index in [1.165, 1.54) is 0 Å². The van der Waals surface area contributed by atoms with Crippen molar-refractivity contribution < 1.29 is 5.11 Å². The van der Waals surface area contributed by atoms with Crippen molar-refractivity contribution in [3.63, 3.8) is 0 Å². The van der Waals surface area contributed by atoms with Gasteiger partial charge in [0.1, 0.15) is 16.1 Å². The number of hydrogen-bond acceptors (Lipinski definition) is 1. The summed E-state index contributed by atoms with van der Waals surface area (Å²) >= 11 is 0. The Morgan fingerprint density at radius 3 is 1.45 bits per heavy atom. The summed E-state index contributed by atoms with van der Waals surface area (Å²) in [6.45, 7) is 19.8. The molecule has 0 saturated carbocycles. The maximum absolute atomic E-state index is 10.6. The highest BCUT2D eigenvalue weighted by molar-refractivity contribution is 6.90. The van der Waals surface area contributed by atoms with E-state index >= 15 is 0 Å². The summed E-state index contributed by atoms with van der Waals surface area (Å²) < 4.78 is 0. The number of rotatable bonds is 3. The zero-order valence-electron chi connectivity index (χ0n) is 15.8. The Kier molecular flexibility index (Phi) is 7.24. The van der Waals surface area contributed by atoms with Gasteiger partial charge in [-0.25, -0.2) is 0 Å². The molecule has 0 aliphatic heterocycles. The number of hydrogen-bond donors (Lipinski definition) is 1. The van der Waals surface area contributed by atoms with Gasteiger partial charge in [0.25, 0.3) is 0 Å². The van der Waals surface area contributed by atoms with Crippen LogP contribution in [0.1, 0.15) is 41.5 Å². The molecule has 122 valence electrons. The molecule has 0 fully saturated rings. The summed E-state index contributed by atoms with van der Waals surface area (Å²) in [6.07, 6.45) is 5.52. The van der Waals surface area contributed by atoms with Crippen molar-refractivity contribution in [1.82, 2.24) is 0 Å². The van der Waals surface area contributed by atoms with Crippen LogP contribution in [0, 0.1) is 35.3 Å². The molecule has 0 aliphatic carbocycles. The van der Waals surface area contributed by atoms with Gasteiger partial charge in [0.05, 0.1) is 0 Å². The third-order valence-electron chi connectivity index (χ3n) is 4.15. The summed E-state index contributed by atoms with van der Waals surface area (Å²) in [7, 11) is -3.50. The van der Waals surface area contributed by atoms with E-state index < -0.39 is 21.7 Å². The van der Waals surface area contributed by atoms with Crippen LogP contribution in [0.3, 0.4) is 0 Å². The van der Waals surface area contributed by atoms with E-state index in [2.05, 4.69) is 90.0 Å². The fourth-order valence-corrected chi connectivity index (χ4v) is 8.83. The molecule has 1 atom stereocenters. The minimum atomic E-state index is -1.90. The Labute approximate surface area is 140 Å². The zero-order valence-corrected chi connectivity index (χ0v) is 17.8. The molecule has 0 heterocycles. The van der Waals surface area contributed by atoms with E-state index in [1.54, 1.807) is 0 Å². The predicted octanol–water partition coefficient (Wildman–Crippen LogP) is 4.45. The lowest BCUT2D eigenvalue weighted by Crippen LogP contribution is -2.44. The van der Waals surface area contributed by atoms with Crippen molar-refractivity contribution in [3.05, 3.63) is 0 Å². The summed E-state index contributed by atoms with van der Waals surface area (Å²) in [5, 5.41) is 10.6. The first-order valence-corrected chi connectivity index (χ1v) is 13.8. The lowest BCUT2D eigenvalue weighted by atomic mass is 10.1. The highest BCUT2D eigenvalue weighted by atomic mass is 28.3. The SMILES string of the molecule is C#CC(O)(C#C[Si](C)(C)C)C#C[Si](C(C)C)(C(C)C)C(C)C. The first-order chi connectivity index (χ1) is 9.81. The van der Waals surface area contributed by atoms with E-state index in [0.29, 0.717) is 16.6 Å². The minimum Gasteiger partial charge on any atom is -0.357 e. The normalized spacial score (nSPS) is 14.7. The van der Waals surface area contributed by atoms with Crippen LogP contribution in [0.2, 0.25) is 36.3 Å². The smallest absolute Gasteiger partial charge is 0.250 e. The monoisotopic (exact) mass is 332 g/mol. The third-order valence-corrected chi connectivity index (χ3v) is 11.3. The van der Waals surface area contributed by atoms with Crippen molar-refractivity contribution in [2.24, 2.45) is 0 Å². The van der Waals surface area contributed by atoms with E-state index in [1.807, 2.05) is 0 Å². The van der Waals surface area contributed by atoms with Crippen LogP contribution in [0.15, 0.2) is 0 Å². The van der Waals surface area contributed by atoms with Gasteiger partial charge in [0.2, 0.25) is 5.60 Å². The van der Waals surface area contributed by atoms with Gasteiger partial charge in [0.15, 0.2) is 0 Å². The first-order valence-electron chi connectivity index (χ1n) is 8.09. The summed E-state index contributed by atoms with van der Waals surface area (Å²) in [4.78, 5) is 0. The van der Waals surface area contributed by atoms with Gasteiger partial charge in [-0.05, 0) is 34.4 Å². The van der Waals surface area contributed by atoms with Crippen LogP contribution in [0.25, 0.3) is 0 Å². The van der Waals surface area contributed by atoms with Crippen molar-refractivity contribution >= 4 is 16.1 Å². The van der Waals surface area contributed by atoms with Gasteiger partial charge in [-0.1, -0.05) is 61.2 Å². The Balaban J connectivity index is 5.98. The first kappa shape index (κ1) is 21.1. The topological polar surface area (TPSA) is 20.2 Å². The van der Waals surface area contributed by atoms with Crippen LogP contribution in [-0.2, 0) is 0 Å². The van der Waals surface area contributed by atoms with Crippen molar-refractivity contribution in [1.29, 1.82) is 0 Å². The summed E-state index contributed by atoms with van der Waals surface area (Å²) in [6, 6.07) is 0. The lowest BCUT2D eigenvalue weighted by Gasteiger charge is -2.38. The average Bonchev–Trinajstić information content (AvgIpc) is 2.35. The van der Waals surface area contributed by atoms with E-state index in [0.717, 1.165) is 0 Å². The minimum absolute atomic E-state index is 0.506. The van der Waals surface area contributed by atoms with Crippen LogP contribution >= 0.6 is 0 Å². The van der Waals surface area contributed by atoms with Crippen molar-refractivity contribution in [2.75, 3.05) is 0 Å². The summed E-state index contributed by atoms with van der Waals surface area (Å²) in [5.41, 5.74) is 6.52. The van der Waals surface area contributed by atoms with Crippen LogP contribution in [0.5, 0.6) is 0 Å². The average molecular weight is 333 g/mol. The van der Waals surface area contributed by atoms with Crippen LogP contribution in [-0.4, -0.2) is 26.9 Å². The third kappa shape index (κ3) is 5.37. The standard InChI is InChI=1S/C19H32OSi2/c1-11-19(20,12-14-21(8,9)10)13-15-22(16(2)3,17(4)5)18(6)7/h1,16-18,20H,2-10H3. The quantitative estimate of drug-likeness (QED) is 0.598. The molecule has 0 amide bonds. The molecule has 0 spiro atoms. The fraction of sp³-hybridized carbons (Fsp3) is 0.684. The lowest BCUT2D eigenvalue weighted by molar-refractivity contribution is 0.225. The second-order valence-corrected chi connectivity index (χ2v) is 18.3. The molecule has 0 aliphatic rings. The molecule has 22 heavy (non-hydrogen) atoms. The molecule has 0 bridgehead atoms. The largest absolute Gasteiger partial charge is 0.357 e. The highest BCUT2D eigenvalue weighted by Gasteiger charge is 2.42. The van der Waals surface area contributed by atoms with Gasteiger partial charge >= 0.3 is 0 Å². The molecule has 0 aromatic rings. The van der Waals surface area contributed by atoms with E-state index in [9.17, 15) is 5.11 Å². The van der Waals surface area contributed by atoms with Gasteiger partial charge in [-0.15, -0.1) is 17.5 Å². The Morgan fingerprint density at radius 2 is 1.18 bits per heavy atom. The van der Waals surface area contributed by atoms with Gasteiger partial charge in [-0.3, -0.25) is 0 Å². The van der Waals surface area contributed by atoms with Gasteiger partial charge in [0, 0.05) is 0 Å². The summed E-state index contributed by atoms with van der Waals surface area (Å²) in [5.74, 6) is 8.23. The Bertz CT molecular complexity index is 517. The van der Waals surface area contributed by atoms with Gasteiger partial charge in [-0.2, -0.15) is 0 Å². The molecular formula is C19H32OSi2. The fourth-order valence-electron chi connectivity index (χ4n) is 3.01. The molecule has 3 heteroatoms. The van der Waals surface area contributed by atoms with E-state index in [4.69, 9.17) is 6.42 Å². The number of terminal acetylenes is 1. The molecule has 0 rings (SSSR count). The van der Waals surface area contributed by atoms with Gasteiger partial charge < -0.3 is 5.11 Å². The molecule has 0 saturated heterocycles. The van der Waals surface area contributed by atoms with Crippen molar-refractivity contribution in [2.45, 2.75) is 83.4 Å². The maximum atomic E-state index is 10.6. The second-order valence-electron chi connectivity index (χ2n) is 8.00. The highest BCUT2D eigenvalue weighted by Crippen LogP contribution is 2.40. The molecule has 0 radical (unpaired) electrons. The molecule has 1 nitrogen and oxygen atoms in total. The van der Waals surface area contributed by atoms with Crippen molar-refractivity contribution in [3.8, 4) is 35.3 Å². The Hall–Kier alpha value is -0.926. The zero-order chi connectivity index (χ0) is 17.8. The number of aliphatic hydroxyl groups is 1. The molecule has 0 aromatic heterocycles. The second kappa shape index (κ2) is 7.56. The van der Waals surface area contributed by atoms with Crippen LogP contribution in [0.4, 0.5) is 0 Å². The maximum Gasteiger partial charge on any atom is 0.250 e. The van der Waals surface area contributed by atoms with Crippen LogP contribution < -0.4 is 0 Å².